The van der Waals surface area contributed by atoms with Gasteiger partial charge in [-0.1, -0.05) is 0 Å². The van der Waals surface area contributed by atoms with E-state index >= 15 is 0 Å². The highest BCUT2D eigenvalue weighted by atomic mass is 19.3. The molecule has 100 valence electrons. The summed E-state index contributed by atoms with van der Waals surface area (Å²) in [5.41, 5.74) is 0.201. The number of phenols is 1. The van der Waals surface area contributed by atoms with Crippen molar-refractivity contribution in [2.75, 3.05) is 20.2 Å². The minimum absolute atomic E-state index is 0.0614. The molecule has 0 saturated carbocycles. The molecule has 1 aliphatic heterocycles. The number of benzene rings is 1. The maximum atomic E-state index is 12.9. The molecule has 2 rings (SSSR count). The van der Waals surface area contributed by atoms with Crippen molar-refractivity contribution in [1.82, 2.24) is 5.32 Å². The van der Waals surface area contributed by atoms with Gasteiger partial charge in [0.25, 0.3) is 6.43 Å². The van der Waals surface area contributed by atoms with Gasteiger partial charge in [0.2, 0.25) is 0 Å². The maximum Gasteiger partial charge on any atom is 0.267 e. The standard InChI is InChI=1S/C13H17F2NO2/c1-18-9-5-10(8-3-2-4-16-7-8)12(17)11(6-9)13(14)15/h5-6,8,13,16-17H,2-4,7H2,1H3. The Balaban J connectivity index is 2.40. The van der Waals surface area contributed by atoms with Crippen molar-refractivity contribution >= 4 is 0 Å². The minimum atomic E-state index is -2.70. The number of methoxy groups -OCH3 is 1. The second kappa shape index (κ2) is 5.52. The normalized spacial score (nSPS) is 20.1. The topological polar surface area (TPSA) is 41.5 Å². The van der Waals surface area contributed by atoms with Gasteiger partial charge in [-0.3, -0.25) is 0 Å². The molecule has 0 aliphatic carbocycles. The van der Waals surface area contributed by atoms with Gasteiger partial charge in [-0.15, -0.1) is 0 Å². The second-order valence-corrected chi connectivity index (χ2v) is 4.50. The number of hydrogen-bond donors (Lipinski definition) is 2. The summed E-state index contributed by atoms with van der Waals surface area (Å²) in [4.78, 5) is 0. The molecule has 1 saturated heterocycles. The van der Waals surface area contributed by atoms with E-state index < -0.39 is 6.43 Å². The molecule has 2 N–H and O–H groups in total. The number of phenolic OH excluding ortho intramolecular Hbond substituents is 1. The molecule has 0 radical (unpaired) electrons. The highest BCUT2D eigenvalue weighted by Crippen LogP contribution is 2.40. The van der Waals surface area contributed by atoms with Crippen molar-refractivity contribution < 1.29 is 18.6 Å². The molecule has 0 bridgehead atoms. The SMILES string of the molecule is COc1cc(C(F)F)c(O)c(C2CCCNC2)c1. The van der Waals surface area contributed by atoms with Crippen LogP contribution < -0.4 is 10.1 Å². The molecule has 18 heavy (non-hydrogen) atoms. The average Bonchev–Trinajstić information content (AvgIpc) is 2.39. The fourth-order valence-corrected chi connectivity index (χ4v) is 2.36. The van der Waals surface area contributed by atoms with Gasteiger partial charge in [0.15, 0.2) is 0 Å². The number of alkyl halides is 2. The molecule has 1 atom stereocenters. The lowest BCUT2D eigenvalue weighted by Crippen LogP contribution is -2.28. The summed E-state index contributed by atoms with van der Waals surface area (Å²) < 4.78 is 30.7. The van der Waals surface area contributed by atoms with Crippen LogP contribution in [0.15, 0.2) is 12.1 Å². The van der Waals surface area contributed by atoms with E-state index in [0.717, 1.165) is 19.4 Å². The molecule has 0 spiro atoms. The zero-order valence-corrected chi connectivity index (χ0v) is 10.2. The van der Waals surface area contributed by atoms with Crippen molar-refractivity contribution in [2.45, 2.75) is 25.2 Å². The molecular formula is C13H17F2NO2. The monoisotopic (exact) mass is 257 g/mol. The third-order valence-corrected chi connectivity index (χ3v) is 3.35. The highest BCUT2D eigenvalue weighted by molar-refractivity contribution is 5.49. The number of piperidine rings is 1. The summed E-state index contributed by atoms with van der Waals surface area (Å²) >= 11 is 0. The largest absolute Gasteiger partial charge is 0.507 e. The third-order valence-electron chi connectivity index (χ3n) is 3.35. The molecule has 1 aromatic rings. The summed E-state index contributed by atoms with van der Waals surface area (Å²) in [5.74, 6) is 0.134. The first-order chi connectivity index (χ1) is 8.63. The minimum Gasteiger partial charge on any atom is -0.507 e. The van der Waals surface area contributed by atoms with Gasteiger partial charge in [0.1, 0.15) is 11.5 Å². The lowest BCUT2D eigenvalue weighted by molar-refractivity contribution is 0.146. The first-order valence-electron chi connectivity index (χ1n) is 6.03. The number of rotatable bonds is 3. The number of ether oxygens (including phenoxy) is 1. The summed E-state index contributed by atoms with van der Waals surface area (Å²) in [5, 5.41) is 13.2. The van der Waals surface area contributed by atoms with Gasteiger partial charge < -0.3 is 15.2 Å². The third kappa shape index (κ3) is 2.56. The van der Waals surface area contributed by atoms with E-state index in [1.54, 1.807) is 6.07 Å². The van der Waals surface area contributed by atoms with Gasteiger partial charge in [-0.25, -0.2) is 8.78 Å². The number of aromatic hydroxyl groups is 1. The smallest absolute Gasteiger partial charge is 0.267 e. The number of halogens is 2. The van der Waals surface area contributed by atoms with Gasteiger partial charge in [-0.05, 0) is 31.5 Å². The van der Waals surface area contributed by atoms with Crippen LogP contribution in [0.3, 0.4) is 0 Å². The summed E-state index contributed by atoms with van der Waals surface area (Å²) in [6.45, 7) is 1.63. The van der Waals surface area contributed by atoms with Crippen molar-refractivity contribution in [2.24, 2.45) is 0 Å². The van der Waals surface area contributed by atoms with Crippen molar-refractivity contribution in [3.05, 3.63) is 23.3 Å². The first-order valence-corrected chi connectivity index (χ1v) is 6.03. The van der Waals surface area contributed by atoms with E-state index in [2.05, 4.69) is 5.32 Å². The van der Waals surface area contributed by atoms with Gasteiger partial charge in [0, 0.05) is 18.0 Å². The molecule has 1 aliphatic rings. The van der Waals surface area contributed by atoms with Crippen LogP contribution in [0.1, 0.15) is 36.3 Å². The van der Waals surface area contributed by atoms with Crippen molar-refractivity contribution in [1.29, 1.82) is 0 Å². The summed E-state index contributed by atoms with van der Waals surface area (Å²) in [6.07, 6.45) is -0.836. The van der Waals surface area contributed by atoms with Crippen LogP contribution in [0, 0.1) is 0 Å². The van der Waals surface area contributed by atoms with E-state index in [0.29, 0.717) is 17.9 Å². The Labute approximate surface area is 105 Å². The Morgan fingerprint density at radius 2 is 2.22 bits per heavy atom. The molecule has 1 aromatic carbocycles. The van der Waals surface area contributed by atoms with Crippen LogP contribution in [0.2, 0.25) is 0 Å². The van der Waals surface area contributed by atoms with Crippen molar-refractivity contribution in [3.63, 3.8) is 0 Å². The summed E-state index contributed by atoms with van der Waals surface area (Å²) in [6, 6.07) is 2.85. The van der Waals surface area contributed by atoms with Crippen molar-refractivity contribution in [3.8, 4) is 11.5 Å². The Kier molecular flexibility index (Phi) is 4.01. The lowest BCUT2D eigenvalue weighted by atomic mass is 9.89. The summed E-state index contributed by atoms with van der Waals surface area (Å²) in [7, 11) is 1.44. The lowest BCUT2D eigenvalue weighted by Gasteiger charge is -2.25. The van der Waals surface area contributed by atoms with Gasteiger partial charge >= 0.3 is 0 Å². The molecule has 1 fully saturated rings. The molecule has 0 amide bonds. The Bertz CT molecular complexity index is 418. The van der Waals surface area contributed by atoms with Crippen LogP contribution in [-0.4, -0.2) is 25.3 Å². The quantitative estimate of drug-likeness (QED) is 0.875. The first kappa shape index (κ1) is 13.1. The maximum absolute atomic E-state index is 12.9. The number of nitrogens with one attached hydrogen (secondary N) is 1. The molecule has 0 aromatic heterocycles. The molecule has 3 nitrogen and oxygen atoms in total. The van der Waals surface area contributed by atoms with Crippen LogP contribution >= 0.6 is 0 Å². The predicted octanol–water partition coefficient (Wildman–Crippen LogP) is 2.81. The number of hydrogen-bond acceptors (Lipinski definition) is 3. The molecule has 1 heterocycles. The molecule has 1 unspecified atom stereocenters. The Morgan fingerprint density at radius 1 is 1.44 bits per heavy atom. The van der Waals surface area contributed by atoms with E-state index in [1.807, 2.05) is 0 Å². The fraction of sp³-hybridized carbons (Fsp3) is 0.538. The van der Waals surface area contributed by atoms with E-state index in [4.69, 9.17) is 4.74 Å². The molecular weight excluding hydrogens is 240 g/mol. The van der Waals surface area contributed by atoms with Crippen LogP contribution in [0.4, 0.5) is 8.78 Å². The Morgan fingerprint density at radius 3 is 2.78 bits per heavy atom. The van der Waals surface area contributed by atoms with E-state index in [9.17, 15) is 13.9 Å². The highest BCUT2D eigenvalue weighted by Gasteiger charge is 2.24. The van der Waals surface area contributed by atoms with Crippen LogP contribution in [0.5, 0.6) is 11.5 Å². The Hall–Kier alpha value is -1.36. The van der Waals surface area contributed by atoms with Gasteiger partial charge in [-0.2, -0.15) is 0 Å². The van der Waals surface area contributed by atoms with Crippen LogP contribution in [-0.2, 0) is 0 Å². The zero-order valence-electron chi connectivity index (χ0n) is 10.2. The van der Waals surface area contributed by atoms with Crippen LogP contribution in [0.25, 0.3) is 0 Å². The molecule has 5 heteroatoms. The predicted molar refractivity (Wildman–Crippen MR) is 64.5 cm³/mol. The van der Waals surface area contributed by atoms with E-state index in [-0.39, 0.29) is 17.2 Å². The average molecular weight is 257 g/mol. The van der Waals surface area contributed by atoms with Gasteiger partial charge in [0.05, 0.1) is 12.7 Å². The second-order valence-electron chi connectivity index (χ2n) is 4.50. The zero-order chi connectivity index (χ0) is 13.1. The fourth-order valence-electron chi connectivity index (χ4n) is 2.36. The van der Waals surface area contributed by atoms with E-state index in [1.165, 1.54) is 13.2 Å².